The van der Waals surface area contributed by atoms with Crippen LogP contribution >= 0.6 is 0 Å². The molecule has 0 fully saturated rings. The van der Waals surface area contributed by atoms with Crippen LogP contribution in [0.4, 0.5) is 0 Å². The van der Waals surface area contributed by atoms with Gasteiger partial charge in [0, 0.05) is 0 Å². The van der Waals surface area contributed by atoms with Gasteiger partial charge in [0.05, 0.1) is 17.6 Å². The second-order valence-electron chi connectivity index (χ2n) is 8.47. The maximum atomic E-state index is 10.8. The maximum Gasteiger partial charge on any atom is 0.148 e. The summed E-state index contributed by atoms with van der Waals surface area (Å²) in [6, 6.07) is 20.1. The monoisotopic (exact) mass is 430 g/mol. The number of imidazole rings is 1. The normalized spacial score (nSPS) is 12.2. The minimum Gasteiger partial charge on any atom is -0.491 e. The summed E-state index contributed by atoms with van der Waals surface area (Å²) in [6.07, 6.45) is -0.687. The fraction of sp³-hybridized carbons (Fsp3) is 0.296. The molecular weight excluding hydrogens is 400 g/mol. The first-order chi connectivity index (χ1) is 15.4. The third kappa shape index (κ3) is 5.11. The molecule has 1 atom stereocenters. The van der Waals surface area contributed by atoms with E-state index in [1.807, 2.05) is 73.9 Å². The molecule has 0 radical (unpaired) electrons. The van der Waals surface area contributed by atoms with Crippen LogP contribution < -0.4 is 9.47 Å². The van der Waals surface area contributed by atoms with E-state index in [9.17, 15) is 5.11 Å². The Morgan fingerprint density at radius 2 is 1.62 bits per heavy atom. The third-order valence-corrected chi connectivity index (χ3v) is 5.45. The van der Waals surface area contributed by atoms with Crippen LogP contribution in [0.25, 0.3) is 11.0 Å². The molecule has 1 aromatic heterocycles. The summed E-state index contributed by atoms with van der Waals surface area (Å²) in [5, 5.41) is 10.8. The van der Waals surface area contributed by atoms with E-state index in [1.54, 1.807) is 0 Å². The van der Waals surface area contributed by atoms with Crippen molar-refractivity contribution in [2.24, 2.45) is 0 Å². The highest BCUT2D eigenvalue weighted by Gasteiger charge is 2.16. The molecule has 4 rings (SSSR count). The Morgan fingerprint density at radius 1 is 0.875 bits per heavy atom. The molecule has 0 aliphatic carbocycles. The van der Waals surface area contributed by atoms with Crippen molar-refractivity contribution in [2.75, 3.05) is 6.61 Å². The lowest BCUT2D eigenvalue weighted by Crippen LogP contribution is -2.25. The molecule has 0 amide bonds. The van der Waals surface area contributed by atoms with Crippen molar-refractivity contribution in [2.45, 2.75) is 47.0 Å². The van der Waals surface area contributed by atoms with Crippen LogP contribution in [0.2, 0.25) is 0 Å². The van der Waals surface area contributed by atoms with Gasteiger partial charge in [-0.1, -0.05) is 35.9 Å². The predicted molar refractivity (Wildman–Crippen MR) is 127 cm³/mol. The molecule has 0 aliphatic rings. The molecule has 166 valence electrons. The van der Waals surface area contributed by atoms with E-state index in [1.165, 1.54) is 5.56 Å². The van der Waals surface area contributed by atoms with E-state index in [0.717, 1.165) is 45.0 Å². The average molecular weight is 431 g/mol. The summed E-state index contributed by atoms with van der Waals surface area (Å²) >= 11 is 0. The Labute approximate surface area is 189 Å². The number of ether oxygens (including phenoxy) is 2. The van der Waals surface area contributed by atoms with Crippen LogP contribution in [0.3, 0.4) is 0 Å². The van der Waals surface area contributed by atoms with Gasteiger partial charge in [0.15, 0.2) is 0 Å². The van der Waals surface area contributed by atoms with Crippen molar-refractivity contribution in [3.63, 3.8) is 0 Å². The van der Waals surface area contributed by atoms with Crippen LogP contribution in [0.1, 0.15) is 28.1 Å². The van der Waals surface area contributed by atoms with Crippen LogP contribution in [0, 0.1) is 27.7 Å². The van der Waals surface area contributed by atoms with Crippen molar-refractivity contribution >= 4 is 11.0 Å². The predicted octanol–water partition coefficient (Wildman–Crippen LogP) is 5.29. The second-order valence-corrected chi connectivity index (χ2v) is 8.47. The number of aromatic nitrogens is 2. The molecule has 1 N–H and O–H groups in total. The standard InChI is InChI=1S/C27H30N2O3/c1-18-9-10-26(21(4)12-18)32-17-27-28-24-7-5-6-8-25(24)29(27)15-22(30)16-31-23-13-19(2)11-20(3)14-23/h5-14,22,30H,15-17H2,1-4H3. The Morgan fingerprint density at radius 3 is 2.38 bits per heavy atom. The number of fused-ring (bicyclic) bond motifs is 1. The first-order valence-electron chi connectivity index (χ1n) is 10.9. The smallest absolute Gasteiger partial charge is 0.148 e. The quantitative estimate of drug-likeness (QED) is 0.413. The molecule has 1 heterocycles. The highest BCUT2D eigenvalue weighted by Crippen LogP contribution is 2.22. The van der Waals surface area contributed by atoms with E-state index in [4.69, 9.17) is 14.5 Å². The number of hydrogen-bond donors (Lipinski definition) is 1. The highest BCUT2D eigenvalue weighted by molar-refractivity contribution is 5.75. The van der Waals surface area contributed by atoms with Crippen LogP contribution in [-0.2, 0) is 13.2 Å². The molecule has 0 spiro atoms. The number of para-hydroxylation sites is 2. The summed E-state index contributed by atoms with van der Waals surface area (Å²) in [5.41, 5.74) is 6.43. The minimum absolute atomic E-state index is 0.201. The number of rotatable bonds is 8. The summed E-state index contributed by atoms with van der Waals surface area (Å²) in [4.78, 5) is 4.76. The number of nitrogens with zero attached hydrogens (tertiary/aromatic N) is 2. The molecule has 0 saturated heterocycles. The van der Waals surface area contributed by atoms with Gasteiger partial charge in [0.1, 0.15) is 36.6 Å². The summed E-state index contributed by atoms with van der Waals surface area (Å²) < 4.78 is 14.0. The van der Waals surface area contributed by atoms with Crippen LogP contribution in [0.15, 0.2) is 60.7 Å². The molecule has 5 heteroatoms. The van der Waals surface area contributed by atoms with Crippen molar-refractivity contribution in [1.82, 2.24) is 9.55 Å². The summed E-state index contributed by atoms with van der Waals surface area (Å²) in [7, 11) is 0. The summed E-state index contributed by atoms with van der Waals surface area (Å²) in [6.45, 7) is 9.08. The number of hydrogen-bond acceptors (Lipinski definition) is 4. The van der Waals surface area contributed by atoms with Gasteiger partial charge in [-0.15, -0.1) is 0 Å². The Balaban J connectivity index is 1.50. The van der Waals surface area contributed by atoms with Crippen molar-refractivity contribution in [1.29, 1.82) is 0 Å². The van der Waals surface area contributed by atoms with Crippen molar-refractivity contribution in [3.05, 3.63) is 88.7 Å². The second kappa shape index (κ2) is 9.45. The number of aliphatic hydroxyl groups is 1. The van der Waals surface area contributed by atoms with E-state index < -0.39 is 6.10 Å². The maximum absolute atomic E-state index is 10.8. The molecule has 0 aliphatic heterocycles. The van der Waals surface area contributed by atoms with Gasteiger partial charge in [-0.2, -0.15) is 0 Å². The van der Waals surface area contributed by atoms with E-state index in [0.29, 0.717) is 13.2 Å². The summed E-state index contributed by atoms with van der Waals surface area (Å²) in [5.74, 6) is 2.39. The number of benzene rings is 3. The third-order valence-electron chi connectivity index (χ3n) is 5.45. The number of aryl methyl sites for hydroxylation is 4. The fourth-order valence-corrected chi connectivity index (χ4v) is 4.01. The highest BCUT2D eigenvalue weighted by atomic mass is 16.5. The Kier molecular flexibility index (Phi) is 6.47. The van der Waals surface area contributed by atoms with Gasteiger partial charge < -0.3 is 19.1 Å². The zero-order valence-corrected chi connectivity index (χ0v) is 19.1. The average Bonchev–Trinajstić information content (AvgIpc) is 3.08. The Bertz CT molecular complexity index is 1210. The topological polar surface area (TPSA) is 56.5 Å². The fourth-order valence-electron chi connectivity index (χ4n) is 4.01. The van der Waals surface area contributed by atoms with Crippen LogP contribution in [-0.4, -0.2) is 27.4 Å². The molecule has 4 aromatic rings. The van der Waals surface area contributed by atoms with Gasteiger partial charge >= 0.3 is 0 Å². The molecular formula is C27H30N2O3. The molecule has 0 bridgehead atoms. The SMILES string of the molecule is Cc1cc(C)cc(OCC(O)Cn2c(COc3ccc(C)cc3C)nc3ccccc32)c1. The first kappa shape index (κ1) is 21.9. The van der Waals surface area contributed by atoms with E-state index in [2.05, 4.69) is 19.1 Å². The van der Waals surface area contributed by atoms with Crippen molar-refractivity contribution < 1.29 is 14.6 Å². The lowest BCUT2D eigenvalue weighted by Gasteiger charge is -2.17. The van der Waals surface area contributed by atoms with E-state index in [-0.39, 0.29) is 6.61 Å². The lowest BCUT2D eigenvalue weighted by molar-refractivity contribution is 0.0917. The van der Waals surface area contributed by atoms with Gasteiger partial charge in [0.2, 0.25) is 0 Å². The zero-order chi connectivity index (χ0) is 22.7. The largest absolute Gasteiger partial charge is 0.491 e. The van der Waals surface area contributed by atoms with Crippen molar-refractivity contribution in [3.8, 4) is 11.5 Å². The minimum atomic E-state index is -0.687. The Hall–Kier alpha value is -3.31. The van der Waals surface area contributed by atoms with Gasteiger partial charge in [-0.05, 0) is 74.7 Å². The molecule has 3 aromatic carbocycles. The first-order valence-corrected chi connectivity index (χ1v) is 10.9. The van der Waals surface area contributed by atoms with E-state index >= 15 is 0 Å². The van der Waals surface area contributed by atoms with Gasteiger partial charge in [0.25, 0.3) is 0 Å². The lowest BCUT2D eigenvalue weighted by atomic mass is 10.1. The van der Waals surface area contributed by atoms with Crippen LogP contribution in [0.5, 0.6) is 11.5 Å². The molecule has 1 unspecified atom stereocenters. The molecule has 32 heavy (non-hydrogen) atoms. The molecule has 5 nitrogen and oxygen atoms in total. The zero-order valence-electron chi connectivity index (χ0n) is 19.1. The van der Waals surface area contributed by atoms with Gasteiger partial charge in [-0.25, -0.2) is 4.98 Å². The van der Waals surface area contributed by atoms with Gasteiger partial charge in [-0.3, -0.25) is 0 Å². The molecule has 0 saturated carbocycles. The number of aliphatic hydroxyl groups excluding tert-OH is 1.